The van der Waals surface area contributed by atoms with Crippen LogP contribution < -0.4 is 0 Å². The number of fused-ring (bicyclic) bond motifs is 1. The van der Waals surface area contributed by atoms with Crippen LogP contribution in [0.1, 0.15) is 36.5 Å². The van der Waals surface area contributed by atoms with Gasteiger partial charge in [-0.05, 0) is 56.5 Å². The van der Waals surface area contributed by atoms with Crippen LogP contribution in [0.4, 0.5) is 0 Å². The van der Waals surface area contributed by atoms with Crippen LogP contribution in [-0.2, 0) is 16.0 Å². The Kier molecular flexibility index (Phi) is 5.85. The number of amides is 1. The number of likely N-dealkylation sites (tertiary alicyclic amines) is 1. The van der Waals surface area contributed by atoms with Crippen molar-refractivity contribution in [3.63, 3.8) is 0 Å². The molecule has 1 aliphatic rings. The molecule has 1 aromatic carbocycles. The van der Waals surface area contributed by atoms with Crippen molar-refractivity contribution in [2.24, 2.45) is 0 Å². The molecule has 1 amide bonds. The lowest BCUT2D eigenvalue weighted by Crippen LogP contribution is -2.48. The minimum Gasteiger partial charge on any atom is -0.480 e. The van der Waals surface area contributed by atoms with E-state index in [1.54, 1.807) is 6.26 Å². The van der Waals surface area contributed by atoms with Gasteiger partial charge in [0.15, 0.2) is 0 Å². The van der Waals surface area contributed by atoms with Crippen molar-refractivity contribution in [1.82, 2.24) is 9.80 Å². The van der Waals surface area contributed by atoms with Gasteiger partial charge in [0.1, 0.15) is 5.58 Å². The van der Waals surface area contributed by atoms with Crippen molar-refractivity contribution in [2.45, 2.75) is 46.1 Å². The number of carboxylic acid groups (broad SMARTS) is 1. The zero-order chi connectivity index (χ0) is 19.6. The first-order valence-electron chi connectivity index (χ1n) is 9.60. The van der Waals surface area contributed by atoms with Gasteiger partial charge in [-0.25, -0.2) is 0 Å². The molecule has 1 saturated heterocycles. The van der Waals surface area contributed by atoms with Crippen molar-refractivity contribution < 1.29 is 19.1 Å². The summed E-state index contributed by atoms with van der Waals surface area (Å²) in [4.78, 5) is 27.6. The fraction of sp³-hybridized carbons (Fsp3) is 0.524. The highest BCUT2D eigenvalue weighted by Crippen LogP contribution is 2.26. The van der Waals surface area contributed by atoms with E-state index in [4.69, 9.17) is 9.52 Å². The first kappa shape index (κ1) is 19.4. The van der Waals surface area contributed by atoms with Crippen LogP contribution in [0, 0.1) is 13.8 Å². The van der Waals surface area contributed by atoms with Crippen LogP contribution in [0.5, 0.6) is 0 Å². The Morgan fingerprint density at radius 3 is 2.52 bits per heavy atom. The topological polar surface area (TPSA) is 74.0 Å². The normalized spacial score (nSPS) is 15.6. The summed E-state index contributed by atoms with van der Waals surface area (Å²) in [7, 11) is 0. The van der Waals surface area contributed by atoms with E-state index < -0.39 is 5.97 Å². The standard InChI is InChI=1S/C21H28N2O4/c1-4-22(12-21(25)26)17-5-7-23(8-6-17)20(24)11-16-13-27-19-10-15(3)14(2)9-18(16)19/h9-10,13,17H,4-8,11-12H2,1-3H3,(H,25,26). The molecule has 0 saturated carbocycles. The van der Waals surface area contributed by atoms with E-state index in [0.29, 0.717) is 26.1 Å². The summed E-state index contributed by atoms with van der Waals surface area (Å²) >= 11 is 0. The number of piperidine rings is 1. The molecule has 2 heterocycles. The van der Waals surface area contributed by atoms with Crippen LogP contribution in [0.3, 0.4) is 0 Å². The third-order valence-corrected chi connectivity index (χ3v) is 5.69. The fourth-order valence-electron chi connectivity index (χ4n) is 3.90. The Bertz CT molecular complexity index is 834. The molecule has 0 aliphatic carbocycles. The number of carbonyl (C=O) groups excluding carboxylic acids is 1. The largest absolute Gasteiger partial charge is 0.480 e. The lowest BCUT2D eigenvalue weighted by atomic mass is 10.0. The lowest BCUT2D eigenvalue weighted by molar-refractivity contribution is -0.140. The molecule has 0 radical (unpaired) electrons. The van der Waals surface area contributed by atoms with Gasteiger partial charge in [0.05, 0.1) is 19.2 Å². The van der Waals surface area contributed by atoms with Gasteiger partial charge in [0, 0.05) is 30.1 Å². The Balaban J connectivity index is 1.62. The van der Waals surface area contributed by atoms with Crippen LogP contribution in [-0.4, -0.2) is 59.0 Å². The van der Waals surface area contributed by atoms with E-state index in [1.807, 2.05) is 22.8 Å². The van der Waals surface area contributed by atoms with Gasteiger partial charge in [-0.2, -0.15) is 0 Å². The van der Waals surface area contributed by atoms with Gasteiger partial charge in [-0.1, -0.05) is 6.92 Å². The predicted octanol–water partition coefficient (Wildman–Crippen LogP) is 2.99. The Hall–Kier alpha value is -2.34. The SMILES string of the molecule is CCN(CC(=O)O)C1CCN(C(=O)Cc2coc3cc(C)c(C)cc23)CC1. The molecule has 146 valence electrons. The van der Waals surface area contributed by atoms with E-state index in [-0.39, 0.29) is 18.5 Å². The molecule has 0 bridgehead atoms. The number of aryl methyl sites for hydroxylation is 2. The van der Waals surface area contributed by atoms with E-state index in [1.165, 1.54) is 11.1 Å². The van der Waals surface area contributed by atoms with Crippen molar-refractivity contribution in [3.05, 3.63) is 35.1 Å². The number of hydrogen-bond donors (Lipinski definition) is 1. The molecule has 6 heteroatoms. The first-order chi connectivity index (χ1) is 12.9. The zero-order valence-electron chi connectivity index (χ0n) is 16.3. The average molecular weight is 372 g/mol. The van der Waals surface area contributed by atoms with Gasteiger partial charge in [-0.3, -0.25) is 14.5 Å². The fourth-order valence-corrected chi connectivity index (χ4v) is 3.90. The summed E-state index contributed by atoms with van der Waals surface area (Å²) in [5, 5.41) is 10.1. The number of nitrogens with zero attached hydrogens (tertiary/aromatic N) is 2. The van der Waals surface area contributed by atoms with Crippen LogP contribution in [0.2, 0.25) is 0 Å². The highest BCUT2D eigenvalue weighted by Gasteiger charge is 2.27. The van der Waals surface area contributed by atoms with Gasteiger partial charge in [0.25, 0.3) is 0 Å². The number of carbonyl (C=O) groups is 2. The molecule has 6 nitrogen and oxygen atoms in total. The van der Waals surface area contributed by atoms with Crippen LogP contribution >= 0.6 is 0 Å². The van der Waals surface area contributed by atoms with Crippen molar-refractivity contribution in [1.29, 1.82) is 0 Å². The molecule has 2 aromatic rings. The smallest absolute Gasteiger partial charge is 0.317 e. The number of aliphatic carboxylic acids is 1. The second kappa shape index (κ2) is 8.13. The van der Waals surface area contributed by atoms with Crippen LogP contribution in [0.25, 0.3) is 11.0 Å². The molecule has 1 fully saturated rings. The van der Waals surface area contributed by atoms with E-state index >= 15 is 0 Å². The number of hydrogen-bond acceptors (Lipinski definition) is 4. The van der Waals surface area contributed by atoms with Gasteiger partial charge < -0.3 is 14.4 Å². The Morgan fingerprint density at radius 1 is 1.22 bits per heavy atom. The summed E-state index contributed by atoms with van der Waals surface area (Å²) in [6, 6.07) is 4.34. The molecular weight excluding hydrogens is 344 g/mol. The second-order valence-electron chi connectivity index (χ2n) is 7.44. The number of likely N-dealkylation sites (N-methyl/N-ethyl adjacent to an activating group) is 1. The summed E-state index contributed by atoms with van der Waals surface area (Å²) in [6.07, 6.45) is 3.67. The number of rotatable bonds is 6. The predicted molar refractivity (Wildman–Crippen MR) is 104 cm³/mol. The zero-order valence-corrected chi connectivity index (χ0v) is 16.3. The quantitative estimate of drug-likeness (QED) is 0.844. The average Bonchev–Trinajstić information content (AvgIpc) is 3.01. The van der Waals surface area contributed by atoms with E-state index in [0.717, 1.165) is 29.4 Å². The summed E-state index contributed by atoms with van der Waals surface area (Å²) in [5.74, 6) is -0.691. The number of benzene rings is 1. The molecule has 0 spiro atoms. The minimum atomic E-state index is -0.798. The Morgan fingerprint density at radius 2 is 1.89 bits per heavy atom. The molecule has 0 atom stereocenters. The van der Waals surface area contributed by atoms with Crippen molar-refractivity contribution >= 4 is 22.8 Å². The third kappa shape index (κ3) is 4.33. The molecule has 27 heavy (non-hydrogen) atoms. The summed E-state index contributed by atoms with van der Waals surface area (Å²) < 4.78 is 5.64. The number of carboxylic acids is 1. The third-order valence-electron chi connectivity index (χ3n) is 5.69. The molecular formula is C21H28N2O4. The van der Waals surface area contributed by atoms with Crippen molar-refractivity contribution in [3.8, 4) is 0 Å². The maximum absolute atomic E-state index is 12.8. The van der Waals surface area contributed by atoms with Gasteiger partial charge in [-0.15, -0.1) is 0 Å². The molecule has 1 N–H and O–H groups in total. The Labute approximate surface area is 159 Å². The molecule has 3 rings (SSSR count). The lowest BCUT2D eigenvalue weighted by Gasteiger charge is -2.37. The molecule has 1 aromatic heterocycles. The van der Waals surface area contributed by atoms with Crippen molar-refractivity contribution in [2.75, 3.05) is 26.2 Å². The highest BCUT2D eigenvalue weighted by atomic mass is 16.4. The maximum atomic E-state index is 12.8. The van der Waals surface area contributed by atoms with Gasteiger partial charge in [0.2, 0.25) is 5.91 Å². The number of furan rings is 1. The van der Waals surface area contributed by atoms with E-state index in [2.05, 4.69) is 19.9 Å². The molecule has 1 aliphatic heterocycles. The second-order valence-corrected chi connectivity index (χ2v) is 7.44. The highest BCUT2D eigenvalue weighted by molar-refractivity contribution is 5.88. The van der Waals surface area contributed by atoms with Crippen LogP contribution in [0.15, 0.2) is 22.8 Å². The van der Waals surface area contributed by atoms with Gasteiger partial charge >= 0.3 is 5.97 Å². The van der Waals surface area contributed by atoms with E-state index in [9.17, 15) is 9.59 Å². The summed E-state index contributed by atoms with van der Waals surface area (Å²) in [5.41, 5.74) is 4.13. The molecule has 0 unspecified atom stereocenters. The first-order valence-corrected chi connectivity index (χ1v) is 9.60. The maximum Gasteiger partial charge on any atom is 0.317 e. The minimum absolute atomic E-state index is 0.0644. The monoisotopic (exact) mass is 372 g/mol. The summed E-state index contributed by atoms with van der Waals surface area (Å²) in [6.45, 7) is 8.22.